The number of rotatable bonds is 1. The molecule has 1 nitrogen and oxygen atoms in total. The molecule has 0 fully saturated rings. The van der Waals surface area contributed by atoms with E-state index in [0.29, 0.717) is 18.1 Å². The van der Waals surface area contributed by atoms with Crippen LogP contribution < -0.4 is 0 Å². The first-order chi connectivity index (χ1) is 6.90. The van der Waals surface area contributed by atoms with Crippen LogP contribution in [0.5, 0.6) is 0 Å². The van der Waals surface area contributed by atoms with Crippen molar-refractivity contribution in [3.8, 4) is 11.8 Å². The van der Waals surface area contributed by atoms with Crippen LogP contribution in [0.15, 0.2) is 34.7 Å². The lowest BCUT2D eigenvalue weighted by Crippen LogP contribution is -1.68. The molecule has 0 radical (unpaired) electrons. The molecular formula is C12H9ClO. The lowest BCUT2D eigenvalue weighted by molar-refractivity contribution is 0.601. The number of fused-ring (bicyclic) bond motifs is 1. The molecule has 70 valence electrons. The smallest absolute Gasteiger partial charge is 0.178 e. The maximum absolute atomic E-state index is 5.51. The van der Waals surface area contributed by atoms with Gasteiger partial charge in [0.2, 0.25) is 0 Å². The number of hydrogen-bond acceptors (Lipinski definition) is 1. The number of hydrogen-bond donors (Lipinski definition) is 0. The molecule has 1 aromatic heterocycles. The summed E-state index contributed by atoms with van der Waals surface area (Å²) in [5.74, 6) is 7.14. The van der Waals surface area contributed by atoms with Crippen molar-refractivity contribution < 1.29 is 4.42 Å². The van der Waals surface area contributed by atoms with Gasteiger partial charge in [0.1, 0.15) is 5.58 Å². The van der Waals surface area contributed by atoms with Gasteiger partial charge >= 0.3 is 0 Å². The predicted octanol–water partition coefficient (Wildman–Crippen LogP) is 3.41. The van der Waals surface area contributed by atoms with E-state index in [9.17, 15) is 0 Å². The SMILES string of the molecule is ClCCC#Cc1cc2ccccc2o1. The number of alkyl halides is 1. The van der Waals surface area contributed by atoms with Gasteiger partial charge in [-0.3, -0.25) is 0 Å². The number of para-hydroxylation sites is 1. The molecule has 0 bridgehead atoms. The van der Waals surface area contributed by atoms with E-state index in [1.807, 2.05) is 30.3 Å². The van der Waals surface area contributed by atoms with Gasteiger partial charge in [0.05, 0.1) is 0 Å². The second kappa shape index (κ2) is 4.21. The third-order valence-corrected chi connectivity index (χ3v) is 2.05. The molecule has 0 saturated heterocycles. The molecule has 0 amide bonds. The second-order valence-electron chi connectivity index (χ2n) is 2.89. The van der Waals surface area contributed by atoms with Crippen LogP contribution in [0.4, 0.5) is 0 Å². The van der Waals surface area contributed by atoms with Crippen LogP contribution in [-0.2, 0) is 0 Å². The Morgan fingerprint density at radius 2 is 2.14 bits per heavy atom. The summed E-state index contributed by atoms with van der Waals surface area (Å²) in [6.45, 7) is 0. The van der Waals surface area contributed by atoms with Crippen LogP contribution in [0, 0.1) is 11.8 Å². The van der Waals surface area contributed by atoms with Crippen molar-refractivity contribution in [2.75, 3.05) is 5.88 Å². The Balaban J connectivity index is 2.33. The highest BCUT2D eigenvalue weighted by atomic mass is 35.5. The van der Waals surface area contributed by atoms with Gasteiger partial charge in [-0.05, 0) is 12.0 Å². The van der Waals surface area contributed by atoms with Gasteiger partial charge in [0, 0.05) is 23.8 Å². The predicted molar refractivity (Wildman–Crippen MR) is 58.4 cm³/mol. The van der Waals surface area contributed by atoms with Crippen molar-refractivity contribution in [1.82, 2.24) is 0 Å². The fourth-order valence-corrected chi connectivity index (χ4v) is 1.33. The monoisotopic (exact) mass is 204 g/mol. The van der Waals surface area contributed by atoms with E-state index in [1.165, 1.54) is 0 Å². The molecule has 0 aliphatic rings. The summed E-state index contributed by atoms with van der Waals surface area (Å²) in [6.07, 6.45) is 0.693. The topological polar surface area (TPSA) is 13.1 Å². The van der Waals surface area contributed by atoms with E-state index in [-0.39, 0.29) is 0 Å². The highest BCUT2D eigenvalue weighted by Crippen LogP contribution is 2.17. The van der Waals surface area contributed by atoms with Gasteiger partial charge in [-0.2, -0.15) is 0 Å². The Kier molecular flexibility index (Phi) is 2.76. The number of benzene rings is 1. The zero-order valence-electron chi connectivity index (χ0n) is 7.59. The van der Waals surface area contributed by atoms with Crippen molar-refractivity contribution in [3.05, 3.63) is 36.1 Å². The van der Waals surface area contributed by atoms with Gasteiger partial charge in [-0.15, -0.1) is 11.6 Å². The standard InChI is InChI=1S/C12H9ClO/c13-8-4-3-6-11-9-10-5-1-2-7-12(10)14-11/h1-2,5,7,9H,4,8H2. The van der Waals surface area contributed by atoms with Crippen molar-refractivity contribution in [2.45, 2.75) is 6.42 Å². The Hall–Kier alpha value is -1.39. The largest absolute Gasteiger partial charge is 0.448 e. The van der Waals surface area contributed by atoms with Crippen LogP contribution >= 0.6 is 11.6 Å². The molecule has 0 N–H and O–H groups in total. The summed E-state index contributed by atoms with van der Waals surface area (Å²) in [5, 5.41) is 1.09. The first kappa shape index (κ1) is 9.18. The van der Waals surface area contributed by atoms with E-state index >= 15 is 0 Å². The third-order valence-electron chi connectivity index (χ3n) is 1.86. The number of halogens is 1. The molecule has 2 heteroatoms. The maximum atomic E-state index is 5.51. The summed E-state index contributed by atoms with van der Waals surface area (Å²) in [5.41, 5.74) is 0.877. The van der Waals surface area contributed by atoms with E-state index in [1.54, 1.807) is 0 Å². The highest BCUT2D eigenvalue weighted by Gasteiger charge is 1.98. The van der Waals surface area contributed by atoms with Crippen LogP contribution in [0.1, 0.15) is 12.2 Å². The molecule has 0 unspecified atom stereocenters. The van der Waals surface area contributed by atoms with Gasteiger partial charge in [-0.25, -0.2) is 0 Å². The molecule has 14 heavy (non-hydrogen) atoms. The molecule has 0 spiro atoms. The molecular weight excluding hydrogens is 196 g/mol. The zero-order chi connectivity index (χ0) is 9.80. The Bertz CT molecular complexity index is 454. The fraction of sp³-hybridized carbons (Fsp3) is 0.167. The Morgan fingerprint density at radius 1 is 1.29 bits per heavy atom. The van der Waals surface area contributed by atoms with Gasteiger partial charge in [0.15, 0.2) is 5.76 Å². The van der Waals surface area contributed by atoms with E-state index < -0.39 is 0 Å². The minimum Gasteiger partial charge on any atom is -0.448 e. The minimum absolute atomic E-state index is 0.563. The lowest BCUT2D eigenvalue weighted by Gasteiger charge is -1.82. The van der Waals surface area contributed by atoms with E-state index in [2.05, 4.69) is 11.8 Å². The Labute approximate surface area is 87.7 Å². The first-order valence-corrected chi connectivity index (χ1v) is 4.97. The third kappa shape index (κ3) is 1.92. The van der Waals surface area contributed by atoms with E-state index in [4.69, 9.17) is 16.0 Å². The molecule has 1 heterocycles. The number of furan rings is 1. The molecule has 2 aromatic rings. The van der Waals surface area contributed by atoms with Crippen LogP contribution in [-0.4, -0.2) is 5.88 Å². The van der Waals surface area contributed by atoms with Crippen molar-refractivity contribution in [1.29, 1.82) is 0 Å². The van der Waals surface area contributed by atoms with Crippen molar-refractivity contribution in [2.24, 2.45) is 0 Å². The normalized spacial score (nSPS) is 9.79. The Morgan fingerprint density at radius 3 is 2.93 bits per heavy atom. The second-order valence-corrected chi connectivity index (χ2v) is 3.27. The molecule has 0 saturated carbocycles. The van der Waals surface area contributed by atoms with Crippen LogP contribution in [0.3, 0.4) is 0 Å². The fourth-order valence-electron chi connectivity index (χ4n) is 1.24. The summed E-state index contributed by atoms with van der Waals surface area (Å²) < 4.78 is 5.50. The van der Waals surface area contributed by atoms with Gasteiger partial charge < -0.3 is 4.42 Å². The van der Waals surface area contributed by atoms with Crippen molar-refractivity contribution in [3.63, 3.8) is 0 Å². The average Bonchev–Trinajstić information content (AvgIpc) is 2.60. The summed E-state index contributed by atoms with van der Waals surface area (Å²) in [4.78, 5) is 0. The summed E-state index contributed by atoms with van der Waals surface area (Å²) in [7, 11) is 0. The maximum Gasteiger partial charge on any atom is 0.178 e. The van der Waals surface area contributed by atoms with Crippen molar-refractivity contribution >= 4 is 22.6 Å². The molecule has 1 aromatic carbocycles. The quantitative estimate of drug-likeness (QED) is 0.513. The van der Waals surface area contributed by atoms with E-state index in [0.717, 1.165) is 11.0 Å². The molecule has 0 atom stereocenters. The molecule has 0 aliphatic heterocycles. The highest BCUT2D eigenvalue weighted by molar-refractivity contribution is 6.18. The zero-order valence-corrected chi connectivity index (χ0v) is 8.34. The average molecular weight is 205 g/mol. The lowest BCUT2D eigenvalue weighted by atomic mass is 10.2. The van der Waals surface area contributed by atoms with Gasteiger partial charge in [0.25, 0.3) is 0 Å². The van der Waals surface area contributed by atoms with Gasteiger partial charge in [-0.1, -0.05) is 24.1 Å². The molecule has 2 rings (SSSR count). The van der Waals surface area contributed by atoms with Crippen LogP contribution in [0.25, 0.3) is 11.0 Å². The summed E-state index contributed by atoms with van der Waals surface area (Å²) >= 11 is 5.51. The molecule has 0 aliphatic carbocycles. The first-order valence-electron chi connectivity index (χ1n) is 4.43. The summed E-state index contributed by atoms with van der Waals surface area (Å²) in [6, 6.07) is 9.81. The van der Waals surface area contributed by atoms with Crippen LogP contribution in [0.2, 0.25) is 0 Å². The minimum atomic E-state index is 0.563.